The minimum atomic E-state index is 1.08. The summed E-state index contributed by atoms with van der Waals surface area (Å²) in [7, 11) is 0. The molecule has 0 amide bonds. The average Bonchev–Trinajstić information content (AvgIpc) is 2.38. The van der Waals surface area contributed by atoms with E-state index in [1.54, 1.807) is 0 Å². The predicted octanol–water partition coefficient (Wildman–Crippen LogP) is 4.98. The molecule has 84 valence electrons. The molecule has 0 nitrogen and oxygen atoms in total. The summed E-state index contributed by atoms with van der Waals surface area (Å²) in [4.78, 5) is 0. The van der Waals surface area contributed by atoms with Crippen molar-refractivity contribution in [2.24, 2.45) is 0 Å². The van der Waals surface area contributed by atoms with Gasteiger partial charge in [-0.05, 0) is 29.2 Å². The Morgan fingerprint density at radius 3 is 2.25 bits per heavy atom. The number of hydrogen-bond acceptors (Lipinski definition) is 0. The molecule has 0 heteroatoms. The normalized spacial score (nSPS) is 9.38. The molecular formula is C16H20. The van der Waals surface area contributed by atoms with Gasteiger partial charge in [0.05, 0.1) is 0 Å². The molecule has 0 heterocycles. The van der Waals surface area contributed by atoms with Crippen molar-refractivity contribution in [3.8, 4) is 0 Å². The Morgan fingerprint density at radius 2 is 1.62 bits per heavy atom. The molecule has 2 aromatic rings. The van der Waals surface area contributed by atoms with Crippen LogP contribution in [0.3, 0.4) is 0 Å². The summed E-state index contributed by atoms with van der Waals surface area (Å²) >= 11 is 0. The van der Waals surface area contributed by atoms with Crippen LogP contribution in [-0.4, -0.2) is 0 Å². The zero-order valence-electron chi connectivity index (χ0n) is 10.2. The van der Waals surface area contributed by atoms with Crippen LogP contribution in [0.4, 0.5) is 0 Å². The topological polar surface area (TPSA) is 0 Å². The van der Waals surface area contributed by atoms with Crippen LogP contribution in [0.15, 0.2) is 55.1 Å². The van der Waals surface area contributed by atoms with Crippen LogP contribution < -0.4 is 0 Å². The number of benzene rings is 2. The third-order valence-corrected chi connectivity index (χ3v) is 2.55. The minimum absolute atomic E-state index is 1.08. The second-order valence-electron chi connectivity index (χ2n) is 3.69. The van der Waals surface area contributed by atoms with E-state index in [4.69, 9.17) is 0 Å². The van der Waals surface area contributed by atoms with Gasteiger partial charge in [-0.25, -0.2) is 0 Å². The second-order valence-corrected chi connectivity index (χ2v) is 3.69. The van der Waals surface area contributed by atoms with E-state index in [-0.39, 0.29) is 0 Å². The van der Waals surface area contributed by atoms with Gasteiger partial charge in [0.25, 0.3) is 0 Å². The average molecular weight is 212 g/mol. The van der Waals surface area contributed by atoms with Crippen LogP contribution in [0.1, 0.15) is 25.8 Å². The van der Waals surface area contributed by atoms with E-state index in [0.717, 1.165) is 12.8 Å². The smallest absolute Gasteiger partial charge is 0.0152 e. The molecule has 0 aliphatic heterocycles. The summed E-state index contributed by atoms with van der Waals surface area (Å²) in [6, 6.07) is 15.0. The van der Waals surface area contributed by atoms with E-state index in [1.165, 1.54) is 16.3 Å². The maximum Gasteiger partial charge on any atom is -0.0152 e. The van der Waals surface area contributed by atoms with E-state index in [2.05, 4.69) is 62.9 Å². The summed E-state index contributed by atoms with van der Waals surface area (Å²) in [5, 5.41) is 2.74. The maximum absolute atomic E-state index is 3.48. The molecule has 0 N–H and O–H groups in total. The molecule has 0 fully saturated rings. The lowest BCUT2D eigenvalue weighted by Gasteiger charge is -2.02. The number of rotatable bonds is 2. The maximum atomic E-state index is 3.48. The molecule has 2 aromatic carbocycles. The highest BCUT2D eigenvalue weighted by Gasteiger charge is 1.95. The van der Waals surface area contributed by atoms with Gasteiger partial charge in [-0.1, -0.05) is 62.4 Å². The fourth-order valence-electron chi connectivity index (χ4n) is 1.60. The Bertz CT molecular complexity index is 435. The van der Waals surface area contributed by atoms with Gasteiger partial charge in [-0.15, -0.1) is 6.58 Å². The Labute approximate surface area is 98.6 Å². The van der Waals surface area contributed by atoms with Gasteiger partial charge in [-0.3, -0.25) is 0 Å². The number of hydrogen-bond donors (Lipinski definition) is 0. The molecule has 0 aromatic heterocycles. The molecule has 0 spiro atoms. The molecule has 0 unspecified atom stereocenters. The first kappa shape index (κ1) is 12.5. The largest absolute Gasteiger partial charge is 0.103 e. The Balaban J connectivity index is 0.000000280. The second kappa shape index (κ2) is 6.84. The van der Waals surface area contributed by atoms with Gasteiger partial charge in [0.15, 0.2) is 0 Å². The van der Waals surface area contributed by atoms with Gasteiger partial charge in [-0.2, -0.15) is 0 Å². The molecule has 2 rings (SSSR count). The van der Waals surface area contributed by atoms with Crippen LogP contribution in [0.2, 0.25) is 0 Å². The molecular weight excluding hydrogens is 192 g/mol. The van der Waals surface area contributed by atoms with Crippen molar-refractivity contribution in [3.63, 3.8) is 0 Å². The van der Waals surface area contributed by atoms with Crippen molar-refractivity contribution < 1.29 is 0 Å². The van der Waals surface area contributed by atoms with Gasteiger partial charge in [0.1, 0.15) is 0 Å². The van der Waals surface area contributed by atoms with E-state index in [1.807, 2.05) is 6.08 Å². The standard InChI is InChI=1S/C12H12.C4H8/c1-2-10-7-5-8-11-6-3-4-9-12(10)11;1-3-4-2/h3-9H,2H2,1H3;3H,1,4H2,2H3. The zero-order chi connectivity index (χ0) is 11.8. The summed E-state index contributed by atoms with van der Waals surface area (Å²) < 4.78 is 0. The quantitative estimate of drug-likeness (QED) is 0.615. The van der Waals surface area contributed by atoms with Crippen molar-refractivity contribution in [2.75, 3.05) is 0 Å². The van der Waals surface area contributed by atoms with Gasteiger partial charge >= 0.3 is 0 Å². The molecule has 0 aliphatic carbocycles. The monoisotopic (exact) mass is 212 g/mol. The molecule has 0 aliphatic rings. The Kier molecular flexibility index (Phi) is 5.35. The van der Waals surface area contributed by atoms with Crippen molar-refractivity contribution >= 4 is 10.8 Å². The fourth-order valence-corrected chi connectivity index (χ4v) is 1.60. The highest BCUT2D eigenvalue weighted by atomic mass is 14.0. The summed E-state index contributed by atoms with van der Waals surface area (Å²) in [6.07, 6.45) is 4.07. The van der Waals surface area contributed by atoms with Crippen LogP contribution in [-0.2, 0) is 6.42 Å². The molecule has 0 saturated carbocycles. The van der Waals surface area contributed by atoms with E-state index < -0.39 is 0 Å². The lowest BCUT2D eigenvalue weighted by molar-refractivity contribution is 1.16. The van der Waals surface area contributed by atoms with E-state index in [0.29, 0.717) is 0 Å². The van der Waals surface area contributed by atoms with Crippen LogP contribution in [0.5, 0.6) is 0 Å². The molecule has 0 saturated heterocycles. The Morgan fingerprint density at radius 1 is 1.00 bits per heavy atom. The van der Waals surface area contributed by atoms with Crippen molar-refractivity contribution in [2.45, 2.75) is 26.7 Å². The Hall–Kier alpha value is -1.56. The van der Waals surface area contributed by atoms with E-state index in [9.17, 15) is 0 Å². The first-order valence-electron chi connectivity index (χ1n) is 5.91. The van der Waals surface area contributed by atoms with Crippen molar-refractivity contribution in [3.05, 3.63) is 60.7 Å². The van der Waals surface area contributed by atoms with Gasteiger partial charge in [0.2, 0.25) is 0 Å². The molecule has 0 radical (unpaired) electrons. The molecule has 16 heavy (non-hydrogen) atoms. The van der Waals surface area contributed by atoms with Crippen molar-refractivity contribution in [1.82, 2.24) is 0 Å². The lowest BCUT2D eigenvalue weighted by atomic mass is 10.0. The third kappa shape index (κ3) is 3.23. The van der Waals surface area contributed by atoms with Crippen LogP contribution in [0, 0.1) is 0 Å². The lowest BCUT2D eigenvalue weighted by Crippen LogP contribution is -1.81. The van der Waals surface area contributed by atoms with E-state index >= 15 is 0 Å². The van der Waals surface area contributed by atoms with Gasteiger partial charge < -0.3 is 0 Å². The fraction of sp³-hybridized carbons (Fsp3) is 0.250. The predicted molar refractivity (Wildman–Crippen MR) is 73.8 cm³/mol. The first-order valence-corrected chi connectivity index (χ1v) is 5.91. The molecule has 0 atom stereocenters. The summed E-state index contributed by atoms with van der Waals surface area (Å²) in [6.45, 7) is 7.74. The summed E-state index contributed by atoms with van der Waals surface area (Å²) in [5.41, 5.74) is 1.44. The highest BCUT2D eigenvalue weighted by Crippen LogP contribution is 2.18. The third-order valence-electron chi connectivity index (χ3n) is 2.55. The van der Waals surface area contributed by atoms with Crippen LogP contribution >= 0.6 is 0 Å². The van der Waals surface area contributed by atoms with Gasteiger partial charge in [0, 0.05) is 0 Å². The van der Waals surface area contributed by atoms with Crippen LogP contribution in [0.25, 0.3) is 10.8 Å². The highest BCUT2D eigenvalue weighted by molar-refractivity contribution is 5.85. The number of fused-ring (bicyclic) bond motifs is 1. The zero-order valence-corrected chi connectivity index (χ0v) is 10.2. The number of allylic oxidation sites excluding steroid dienone is 1. The minimum Gasteiger partial charge on any atom is -0.103 e. The SMILES string of the molecule is C=CCC.CCc1cccc2ccccc12. The number of aryl methyl sites for hydroxylation is 1. The first-order chi connectivity index (χ1) is 7.83. The summed E-state index contributed by atoms with van der Waals surface area (Å²) in [5.74, 6) is 0. The van der Waals surface area contributed by atoms with Crippen molar-refractivity contribution in [1.29, 1.82) is 0 Å². The molecule has 0 bridgehead atoms.